The molecule has 4 heteroatoms. The highest BCUT2D eigenvalue weighted by molar-refractivity contribution is 6.55. The number of ether oxygens (including phenoxy) is 1. The van der Waals surface area contributed by atoms with Gasteiger partial charge in [0.1, 0.15) is 6.73 Å². The summed E-state index contributed by atoms with van der Waals surface area (Å²) in [6.45, 7) is 6.13. The van der Waals surface area contributed by atoms with Gasteiger partial charge < -0.3 is 4.74 Å². The van der Waals surface area contributed by atoms with Crippen molar-refractivity contribution in [3.63, 3.8) is 0 Å². The molecule has 0 aliphatic carbocycles. The quantitative estimate of drug-likeness (QED) is 0.510. The third-order valence-electron chi connectivity index (χ3n) is 1.62. The van der Waals surface area contributed by atoms with Crippen LogP contribution in [0.5, 0.6) is 0 Å². The van der Waals surface area contributed by atoms with E-state index in [0.29, 0.717) is 6.73 Å². The smallest absolute Gasteiger partial charge is 0.139 e. The molecular weight excluding hydrogens is 168 g/mol. The van der Waals surface area contributed by atoms with Gasteiger partial charge in [-0.1, -0.05) is 13.1 Å². The van der Waals surface area contributed by atoms with Crippen molar-refractivity contribution in [2.45, 2.75) is 25.9 Å². The van der Waals surface area contributed by atoms with E-state index in [-0.39, 0.29) is 0 Å². The molecule has 0 amide bonds. The zero-order valence-electron chi connectivity index (χ0n) is 7.73. The molecule has 0 radical (unpaired) electrons. The predicted molar refractivity (Wildman–Crippen MR) is 51.9 cm³/mol. The summed E-state index contributed by atoms with van der Waals surface area (Å²) in [5.74, 6) is 0. The molecule has 0 spiro atoms. The van der Waals surface area contributed by atoms with Gasteiger partial charge in [0.25, 0.3) is 0 Å². The lowest BCUT2D eigenvalue weighted by molar-refractivity contribution is 0.0789. The van der Waals surface area contributed by atoms with Gasteiger partial charge in [0, 0.05) is 27.8 Å². The monoisotopic (exact) mass is 184 g/mol. The fraction of sp³-hybridized carbons (Fsp3) is 0.625. The average molecular weight is 184 g/mol. The summed E-state index contributed by atoms with van der Waals surface area (Å²) in [7, 11) is -0.436. The first-order valence-corrected chi connectivity index (χ1v) is 7.47. The van der Waals surface area contributed by atoms with Crippen LogP contribution in [-0.4, -0.2) is 25.2 Å². The second kappa shape index (κ2) is 5.11. The van der Waals surface area contributed by atoms with Crippen LogP contribution < -0.4 is 0 Å². The lowest BCUT2D eigenvalue weighted by Crippen LogP contribution is -2.08. The molecule has 12 heavy (non-hydrogen) atoms. The fourth-order valence-electron chi connectivity index (χ4n) is 0.854. The van der Waals surface area contributed by atoms with E-state index in [0.717, 1.165) is 6.61 Å². The molecule has 0 saturated heterocycles. The van der Waals surface area contributed by atoms with Crippen LogP contribution in [0.3, 0.4) is 0 Å². The minimum atomic E-state index is -0.436. The third kappa shape index (κ3) is 3.68. The Hall–Kier alpha value is -0.613. The molecule has 0 unspecified atom stereocenters. The molecule has 1 aromatic heterocycles. The van der Waals surface area contributed by atoms with E-state index in [1.54, 1.807) is 10.9 Å². The molecule has 0 bridgehead atoms. The molecular formula is C8H16N2OSi. The third-order valence-corrected chi connectivity index (χ3v) is 3.01. The minimum absolute atomic E-state index is 0.436. The maximum Gasteiger partial charge on any atom is 0.139 e. The summed E-state index contributed by atoms with van der Waals surface area (Å²) in [6, 6.07) is 3.15. The van der Waals surface area contributed by atoms with Crippen LogP contribution >= 0.6 is 0 Å². The lowest BCUT2D eigenvalue weighted by atomic mass is 10.8. The topological polar surface area (TPSA) is 27.1 Å². The Morgan fingerprint density at radius 2 is 2.33 bits per heavy atom. The van der Waals surface area contributed by atoms with Gasteiger partial charge >= 0.3 is 0 Å². The zero-order valence-corrected chi connectivity index (χ0v) is 8.89. The number of aromatic nitrogens is 2. The Morgan fingerprint density at radius 3 is 2.92 bits per heavy atom. The molecule has 0 aromatic carbocycles. The van der Waals surface area contributed by atoms with E-state index in [9.17, 15) is 0 Å². The zero-order chi connectivity index (χ0) is 8.81. The molecule has 3 nitrogen and oxygen atoms in total. The van der Waals surface area contributed by atoms with Crippen LogP contribution in [0.2, 0.25) is 19.1 Å². The average Bonchev–Trinajstić information content (AvgIpc) is 2.49. The Morgan fingerprint density at radius 1 is 1.50 bits per heavy atom. The summed E-state index contributed by atoms with van der Waals surface area (Å²) >= 11 is 0. The van der Waals surface area contributed by atoms with Gasteiger partial charge in [-0.3, -0.25) is 0 Å². The number of hydrogen-bond donors (Lipinski definition) is 0. The summed E-state index contributed by atoms with van der Waals surface area (Å²) in [5.41, 5.74) is 0. The van der Waals surface area contributed by atoms with Gasteiger partial charge in [-0.25, -0.2) is 4.68 Å². The van der Waals surface area contributed by atoms with Crippen LogP contribution in [0.25, 0.3) is 0 Å². The van der Waals surface area contributed by atoms with Crippen LogP contribution in [0.1, 0.15) is 0 Å². The van der Waals surface area contributed by atoms with Gasteiger partial charge in [-0.05, 0) is 12.1 Å². The summed E-state index contributed by atoms with van der Waals surface area (Å²) in [5, 5.41) is 4.04. The first-order valence-electron chi connectivity index (χ1n) is 4.34. The highest BCUT2D eigenvalue weighted by atomic mass is 28.3. The van der Waals surface area contributed by atoms with Crippen LogP contribution in [-0.2, 0) is 11.5 Å². The molecule has 0 saturated carbocycles. The molecule has 1 rings (SSSR count). The van der Waals surface area contributed by atoms with Crippen molar-refractivity contribution in [3.05, 3.63) is 18.5 Å². The fourth-order valence-corrected chi connectivity index (χ4v) is 1.49. The number of nitrogens with zero attached hydrogens (tertiary/aromatic N) is 2. The van der Waals surface area contributed by atoms with Crippen LogP contribution in [0, 0.1) is 0 Å². The van der Waals surface area contributed by atoms with Crippen molar-refractivity contribution >= 4 is 8.80 Å². The van der Waals surface area contributed by atoms with Crippen molar-refractivity contribution in [2.24, 2.45) is 0 Å². The molecule has 0 aliphatic heterocycles. The van der Waals surface area contributed by atoms with Crippen molar-refractivity contribution in [1.82, 2.24) is 9.78 Å². The molecule has 0 atom stereocenters. The van der Waals surface area contributed by atoms with Gasteiger partial charge in [-0.2, -0.15) is 5.10 Å². The van der Waals surface area contributed by atoms with Crippen molar-refractivity contribution in [1.29, 1.82) is 0 Å². The van der Waals surface area contributed by atoms with Gasteiger partial charge in [-0.15, -0.1) is 0 Å². The van der Waals surface area contributed by atoms with Gasteiger partial charge in [0.15, 0.2) is 0 Å². The summed E-state index contributed by atoms with van der Waals surface area (Å²) < 4.78 is 7.22. The van der Waals surface area contributed by atoms with E-state index >= 15 is 0 Å². The Labute approximate surface area is 75.0 Å². The number of rotatable bonds is 5. The Bertz CT molecular complexity index is 199. The van der Waals surface area contributed by atoms with E-state index < -0.39 is 8.80 Å². The molecule has 0 fully saturated rings. The first-order chi connectivity index (χ1) is 5.79. The molecule has 0 N–H and O–H groups in total. The summed E-state index contributed by atoms with van der Waals surface area (Å²) in [6.07, 6.45) is 3.67. The van der Waals surface area contributed by atoms with Crippen LogP contribution in [0.15, 0.2) is 18.5 Å². The Balaban J connectivity index is 2.04. The van der Waals surface area contributed by atoms with E-state index in [4.69, 9.17) is 4.74 Å². The van der Waals surface area contributed by atoms with Crippen molar-refractivity contribution in [2.75, 3.05) is 6.61 Å². The van der Waals surface area contributed by atoms with Crippen molar-refractivity contribution in [3.8, 4) is 0 Å². The van der Waals surface area contributed by atoms with E-state index in [2.05, 4.69) is 18.2 Å². The van der Waals surface area contributed by atoms with E-state index in [1.165, 1.54) is 6.04 Å². The summed E-state index contributed by atoms with van der Waals surface area (Å²) in [4.78, 5) is 0. The maximum atomic E-state index is 5.42. The largest absolute Gasteiger partial charge is 0.360 e. The minimum Gasteiger partial charge on any atom is -0.360 e. The maximum absolute atomic E-state index is 5.42. The molecule has 1 aromatic rings. The van der Waals surface area contributed by atoms with E-state index in [1.807, 2.05) is 12.3 Å². The highest BCUT2D eigenvalue weighted by Gasteiger charge is 1.95. The molecule has 0 aliphatic rings. The first kappa shape index (κ1) is 9.47. The normalized spacial score (nSPS) is 10.9. The Kier molecular flexibility index (Phi) is 4.03. The van der Waals surface area contributed by atoms with Crippen LogP contribution in [0.4, 0.5) is 0 Å². The SMILES string of the molecule is C[SiH](C)CCOCn1cccn1. The second-order valence-corrected chi connectivity index (χ2v) is 6.63. The standard InChI is InChI=1S/C8H16N2OSi/c1-12(2)7-6-11-8-10-5-3-4-9-10/h3-5,12H,6-8H2,1-2H3. The van der Waals surface area contributed by atoms with Gasteiger partial charge in [0.05, 0.1) is 0 Å². The molecule has 1 heterocycles. The highest BCUT2D eigenvalue weighted by Crippen LogP contribution is 1.93. The lowest BCUT2D eigenvalue weighted by Gasteiger charge is -2.05. The van der Waals surface area contributed by atoms with Gasteiger partial charge in [0.2, 0.25) is 0 Å². The predicted octanol–water partition coefficient (Wildman–Crippen LogP) is 1.34. The second-order valence-electron chi connectivity index (χ2n) is 3.27. The number of hydrogen-bond acceptors (Lipinski definition) is 2. The molecule has 68 valence electrons. The van der Waals surface area contributed by atoms with Crippen molar-refractivity contribution < 1.29 is 4.74 Å².